The Morgan fingerprint density at radius 3 is 2.19 bits per heavy atom. The summed E-state index contributed by atoms with van der Waals surface area (Å²) in [5.41, 5.74) is -1.58. The van der Waals surface area contributed by atoms with Gasteiger partial charge in [-0.1, -0.05) is 6.08 Å². The minimum absolute atomic E-state index is 0.138. The third-order valence-corrected chi connectivity index (χ3v) is 5.20. The lowest BCUT2D eigenvalue weighted by Crippen LogP contribution is -2.50. The molecule has 1 amide bonds. The minimum atomic E-state index is -4.05. The number of amides is 1. The van der Waals surface area contributed by atoms with Gasteiger partial charge in [0.05, 0.1) is 25.7 Å². The van der Waals surface area contributed by atoms with Gasteiger partial charge in [-0.2, -0.15) is 16.8 Å². The lowest BCUT2D eigenvalue weighted by Gasteiger charge is -2.36. The van der Waals surface area contributed by atoms with Crippen LogP contribution in [0.1, 0.15) is 12.8 Å². The first-order valence-electron chi connectivity index (χ1n) is 7.29. The Kier molecular flexibility index (Phi) is 6.79. The molecular weight excluding hydrogens is 394 g/mol. The van der Waals surface area contributed by atoms with E-state index in [-0.39, 0.29) is 12.8 Å². The Hall–Kier alpha value is -1.70. The molecule has 0 aromatic rings. The molecule has 1 fully saturated rings. The Morgan fingerprint density at radius 1 is 1.23 bits per heavy atom. The summed E-state index contributed by atoms with van der Waals surface area (Å²) >= 11 is 0. The highest BCUT2D eigenvalue weighted by Crippen LogP contribution is 2.46. The van der Waals surface area contributed by atoms with Crippen molar-refractivity contribution in [3.8, 4) is 0 Å². The molecule has 0 radical (unpaired) electrons. The predicted octanol–water partition coefficient (Wildman–Crippen LogP) is -0.293. The van der Waals surface area contributed by atoms with Crippen LogP contribution in [0.15, 0.2) is 12.7 Å². The number of carboxylic acids is 1. The van der Waals surface area contributed by atoms with Crippen LogP contribution in [0.3, 0.4) is 0 Å². The van der Waals surface area contributed by atoms with Crippen LogP contribution in [0.5, 0.6) is 0 Å². The summed E-state index contributed by atoms with van der Waals surface area (Å²) in [6.07, 6.45) is -0.512. The molecule has 150 valence electrons. The first-order valence-corrected chi connectivity index (χ1v) is 10.9. The zero-order valence-corrected chi connectivity index (χ0v) is 15.8. The van der Waals surface area contributed by atoms with Gasteiger partial charge < -0.3 is 10.2 Å². The third-order valence-electron chi connectivity index (χ3n) is 4.02. The van der Waals surface area contributed by atoms with E-state index in [9.17, 15) is 36.6 Å². The van der Waals surface area contributed by atoms with Crippen LogP contribution in [-0.2, 0) is 33.4 Å². The molecule has 0 unspecified atom stereocenters. The molecular formula is C13H21NO10S2. The zero-order chi connectivity index (χ0) is 20.3. The van der Waals surface area contributed by atoms with Crippen molar-refractivity contribution in [3.63, 3.8) is 0 Å². The molecule has 13 heteroatoms. The molecule has 1 aliphatic heterocycles. The number of nitrogens with zero attached hydrogens (tertiary/aromatic N) is 1. The largest absolute Gasteiger partial charge is 0.480 e. The molecule has 3 atom stereocenters. The quantitative estimate of drug-likeness (QED) is 0.377. The lowest BCUT2D eigenvalue weighted by atomic mass is 9.73. The fraction of sp³-hybridized carbons (Fsp3) is 0.692. The van der Waals surface area contributed by atoms with Crippen LogP contribution in [0.25, 0.3) is 0 Å². The van der Waals surface area contributed by atoms with E-state index >= 15 is 0 Å². The number of carboxylic acid groups (broad SMARTS) is 2. The number of allylic oxidation sites excluding steroid dienone is 1. The first-order chi connectivity index (χ1) is 11.7. The summed E-state index contributed by atoms with van der Waals surface area (Å²) in [7, 11) is -7.89. The maximum absolute atomic E-state index is 11.8. The molecule has 1 rings (SSSR count). The number of hydrogen-bond acceptors (Lipinski definition) is 8. The van der Waals surface area contributed by atoms with Gasteiger partial charge >= 0.3 is 12.1 Å². The normalized spacial score (nSPS) is 26.6. The van der Waals surface area contributed by atoms with E-state index in [2.05, 4.69) is 10.8 Å². The van der Waals surface area contributed by atoms with Crippen molar-refractivity contribution in [1.29, 1.82) is 0 Å². The molecule has 1 saturated heterocycles. The van der Waals surface area contributed by atoms with Gasteiger partial charge in [0, 0.05) is 5.41 Å². The number of rotatable bonds is 9. The zero-order valence-electron chi connectivity index (χ0n) is 14.2. The smallest absolute Gasteiger partial charge is 0.408 e. The SMILES string of the molecule is C=CC[C@]1(CCOS(C)(=O)=O)[C@H](OS(C)(=O)=O)CN(C(=O)O)[C@@H]1C(=O)O. The van der Waals surface area contributed by atoms with Gasteiger partial charge in [0.25, 0.3) is 20.2 Å². The van der Waals surface area contributed by atoms with Crippen LogP contribution < -0.4 is 0 Å². The van der Waals surface area contributed by atoms with E-state index < -0.39 is 63.0 Å². The fourth-order valence-electron chi connectivity index (χ4n) is 3.15. The van der Waals surface area contributed by atoms with Crippen molar-refractivity contribution in [2.24, 2.45) is 5.41 Å². The maximum Gasteiger partial charge on any atom is 0.408 e. The van der Waals surface area contributed by atoms with Gasteiger partial charge in [0.1, 0.15) is 12.1 Å². The van der Waals surface area contributed by atoms with Crippen molar-refractivity contribution in [1.82, 2.24) is 4.90 Å². The van der Waals surface area contributed by atoms with Gasteiger partial charge in [-0.3, -0.25) is 13.3 Å². The summed E-state index contributed by atoms with van der Waals surface area (Å²) in [4.78, 5) is 23.8. The molecule has 11 nitrogen and oxygen atoms in total. The summed E-state index contributed by atoms with van der Waals surface area (Å²) in [5.74, 6) is -1.52. The highest BCUT2D eigenvalue weighted by atomic mass is 32.2. The second-order valence-electron chi connectivity index (χ2n) is 5.97. The summed E-state index contributed by atoms with van der Waals surface area (Å²) in [6.45, 7) is 2.50. The van der Waals surface area contributed by atoms with E-state index in [1.807, 2.05) is 0 Å². The van der Waals surface area contributed by atoms with Crippen LogP contribution in [-0.4, -0.2) is 81.8 Å². The molecule has 0 spiro atoms. The Morgan fingerprint density at radius 2 is 1.81 bits per heavy atom. The van der Waals surface area contributed by atoms with Gasteiger partial charge in [-0.25, -0.2) is 9.59 Å². The highest BCUT2D eigenvalue weighted by molar-refractivity contribution is 7.86. The molecule has 1 heterocycles. The topological polar surface area (TPSA) is 165 Å². The molecule has 0 saturated carbocycles. The van der Waals surface area contributed by atoms with Crippen LogP contribution in [0.2, 0.25) is 0 Å². The number of aliphatic carboxylic acids is 1. The van der Waals surface area contributed by atoms with Crippen molar-refractivity contribution < 1.29 is 45.0 Å². The molecule has 26 heavy (non-hydrogen) atoms. The number of hydrogen-bond donors (Lipinski definition) is 2. The first kappa shape index (κ1) is 22.3. The average molecular weight is 415 g/mol. The van der Waals surface area contributed by atoms with Crippen molar-refractivity contribution in [3.05, 3.63) is 12.7 Å². The van der Waals surface area contributed by atoms with Crippen LogP contribution in [0, 0.1) is 5.41 Å². The molecule has 0 aromatic heterocycles. The second kappa shape index (κ2) is 7.90. The molecule has 1 aliphatic rings. The van der Waals surface area contributed by atoms with Crippen molar-refractivity contribution >= 4 is 32.3 Å². The molecule has 2 N–H and O–H groups in total. The average Bonchev–Trinajstić information content (AvgIpc) is 2.71. The van der Waals surface area contributed by atoms with Gasteiger partial charge in [0.15, 0.2) is 0 Å². The highest BCUT2D eigenvalue weighted by Gasteiger charge is 2.60. The van der Waals surface area contributed by atoms with E-state index in [1.54, 1.807) is 0 Å². The Labute approximate surface area is 151 Å². The Balaban J connectivity index is 3.41. The lowest BCUT2D eigenvalue weighted by molar-refractivity contribution is -0.146. The van der Waals surface area contributed by atoms with Gasteiger partial charge in [-0.05, 0) is 12.8 Å². The van der Waals surface area contributed by atoms with Crippen LogP contribution in [0.4, 0.5) is 4.79 Å². The number of carbonyl (C=O) groups is 2. The predicted molar refractivity (Wildman–Crippen MR) is 88.5 cm³/mol. The summed E-state index contributed by atoms with van der Waals surface area (Å²) in [6, 6.07) is -1.67. The monoisotopic (exact) mass is 415 g/mol. The minimum Gasteiger partial charge on any atom is -0.480 e. The van der Waals surface area contributed by atoms with E-state index in [0.717, 1.165) is 12.5 Å². The maximum atomic E-state index is 11.8. The van der Waals surface area contributed by atoms with Crippen molar-refractivity contribution in [2.45, 2.75) is 25.0 Å². The van der Waals surface area contributed by atoms with E-state index in [0.29, 0.717) is 4.90 Å². The van der Waals surface area contributed by atoms with Crippen LogP contribution >= 0.6 is 0 Å². The molecule has 0 bridgehead atoms. The second-order valence-corrected chi connectivity index (χ2v) is 9.21. The van der Waals surface area contributed by atoms with E-state index in [1.165, 1.54) is 6.08 Å². The van der Waals surface area contributed by atoms with E-state index in [4.69, 9.17) is 4.18 Å². The molecule has 0 aromatic carbocycles. The van der Waals surface area contributed by atoms with Gasteiger partial charge in [0.2, 0.25) is 0 Å². The Bertz CT molecular complexity index is 775. The summed E-state index contributed by atoms with van der Waals surface area (Å²) in [5, 5.41) is 18.9. The van der Waals surface area contributed by atoms with Gasteiger partial charge in [-0.15, -0.1) is 6.58 Å². The fourth-order valence-corrected chi connectivity index (χ4v) is 4.21. The third kappa shape index (κ3) is 5.40. The molecule has 0 aliphatic carbocycles. The standard InChI is InChI=1S/C13H21NO10S2/c1-4-5-13(6-7-23-25(2,19)20)9(24-26(3,21)22)8-14(12(17)18)10(13)11(15)16/h4,9-10H,1,5-8H2,2-3H3,(H,15,16)(H,17,18)/t9-,10-,13+/m1/s1. The number of likely N-dealkylation sites (tertiary alicyclic amines) is 1. The van der Waals surface area contributed by atoms with Crippen molar-refractivity contribution in [2.75, 3.05) is 25.7 Å². The summed E-state index contributed by atoms with van der Waals surface area (Å²) < 4.78 is 55.1.